The van der Waals surface area contributed by atoms with Crippen LogP contribution in [-0.2, 0) is 7.05 Å². The number of nitrogens with zero attached hydrogens (tertiary/aromatic N) is 2. The van der Waals surface area contributed by atoms with Gasteiger partial charge < -0.3 is 14.6 Å². The predicted octanol–water partition coefficient (Wildman–Crippen LogP) is 5.39. The van der Waals surface area contributed by atoms with Crippen LogP contribution in [0.25, 0.3) is 16.7 Å². The standard InChI is InChI=1S/C27H20I2N2O5/c1-14-21(26(34)31(30(14)2)16-8-4-3-5-9-16)22(15-12-18(28)25(33)19(29)13-15)23-24(32)17-10-6-7-11-20(17)36-27(23)35/h3-13,22,32-33H,1-2H3. The van der Waals surface area contributed by atoms with E-state index in [0.29, 0.717) is 35.0 Å². The topological polar surface area (TPSA) is 97.6 Å². The first-order valence-electron chi connectivity index (χ1n) is 11.0. The van der Waals surface area contributed by atoms with Crippen LogP contribution in [0.3, 0.4) is 0 Å². The maximum atomic E-state index is 14.0. The van der Waals surface area contributed by atoms with E-state index >= 15 is 0 Å². The van der Waals surface area contributed by atoms with Gasteiger partial charge in [-0.05, 0) is 94.1 Å². The molecule has 5 aromatic rings. The van der Waals surface area contributed by atoms with Gasteiger partial charge in [-0.25, -0.2) is 9.48 Å². The number of rotatable bonds is 4. The maximum absolute atomic E-state index is 14.0. The quantitative estimate of drug-likeness (QED) is 0.193. The fourth-order valence-electron chi connectivity index (χ4n) is 4.55. The first-order valence-corrected chi connectivity index (χ1v) is 13.1. The van der Waals surface area contributed by atoms with Crippen molar-refractivity contribution >= 4 is 56.2 Å². The van der Waals surface area contributed by atoms with Gasteiger partial charge in [0.2, 0.25) is 0 Å². The van der Waals surface area contributed by atoms with Gasteiger partial charge in [-0.15, -0.1) is 0 Å². The second kappa shape index (κ2) is 9.43. The minimum atomic E-state index is -0.947. The Labute approximate surface area is 232 Å². The van der Waals surface area contributed by atoms with Crippen LogP contribution in [0.4, 0.5) is 0 Å². The normalized spacial score (nSPS) is 12.2. The lowest BCUT2D eigenvalue weighted by Gasteiger charge is -2.19. The second-order valence-corrected chi connectivity index (χ2v) is 10.7. The SMILES string of the molecule is Cc1c(C(c2cc(I)c(O)c(I)c2)c2c(O)c3ccccc3oc2=O)c(=O)n(-c2ccccc2)n1C. The van der Waals surface area contributed by atoms with Crippen molar-refractivity contribution in [2.75, 3.05) is 0 Å². The highest BCUT2D eigenvalue weighted by Gasteiger charge is 2.33. The molecule has 36 heavy (non-hydrogen) atoms. The van der Waals surface area contributed by atoms with Gasteiger partial charge in [0.25, 0.3) is 5.56 Å². The molecule has 3 aromatic carbocycles. The van der Waals surface area contributed by atoms with Crippen molar-refractivity contribution in [3.05, 3.63) is 117 Å². The average molecular weight is 706 g/mol. The largest absolute Gasteiger partial charge is 0.507 e. The van der Waals surface area contributed by atoms with Crippen molar-refractivity contribution in [1.29, 1.82) is 0 Å². The van der Waals surface area contributed by atoms with Crippen molar-refractivity contribution in [1.82, 2.24) is 9.36 Å². The Bertz CT molecular complexity index is 1730. The van der Waals surface area contributed by atoms with E-state index in [1.807, 2.05) is 75.5 Å². The Balaban J connectivity index is 1.90. The number of fused-ring (bicyclic) bond motifs is 1. The molecule has 2 heterocycles. The number of aromatic nitrogens is 2. The van der Waals surface area contributed by atoms with Crippen LogP contribution < -0.4 is 11.2 Å². The van der Waals surface area contributed by atoms with Gasteiger partial charge >= 0.3 is 5.63 Å². The monoisotopic (exact) mass is 706 g/mol. The van der Waals surface area contributed by atoms with Crippen molar-refractivity contribution in [3.63, 3.8) is 0 Å². The lowest BCUT2D eigenvalue weighted by molar-refractivity contribution is 0.454. The Morgan fingerprint density at radius 3 is 2.14 bits per heavy atom. The van der Waals surface area contributed by atoms with Crippen molar-refractivity contribution in [3.8, 4) is 17.2 Å². The highest BCUT2D eigenvalue weighted by atomic mass is 127. The fourth-order valence-corrected chi connectivity index (χ4v) is 6.37. The molecule has 2 N–H and O–H groups in total. The molecule has 0 aliphatic carbocycles. The van der Waals surface area contributed by atoms with Gasteiger partial charge in [0, 0.05) is 12.7 Å². The van der Waals surface area contributed by atoms with Gasteiger partial charge in [-0.1, -0.05) is 30.3 Å². The van der Waals surface area contributed by atoms with Crippen molar-refractivity contribution in [2.24, 2.45) is 7.05 Å². The number of phenolic OH excluding ortho intramolecular Hbond substituents is 1. The molecule has 7 nitrogen and oxygen atoms in total. The van der Waals surface area contributed by atoms with E-state index in [1.165, 1.54) is 4.68 Å². The third-order valence-corrected chi connectivity index (χ3v) is 8.01. The zero-order valence-electron chi connectivity index (χ0n) is 19.2. The molecule has 9 heteroatoms. The summed E-state index contributed by atoms with van der Waals surface area (Å²) in [6.45, 7) is 1.80. The predicted molar refractivity (Wildman–Crippen MR) is 154 cm³/mol. The summed E-state index contributed by atoms with van der Waals surface area (Å²) in [5.41, 5.74) is 1.36. The number of para-hydroxylation sites is 2. The molecule has 0 aliphatic heterocycles. The van der Waals surface area contributed by atoms with Crippen LogP contribution in [0.5, 0.6) is 11.5 Å². The zero-order valence-corrected chi connectivity index (χ0v) is 23.5. The number of halogens is 2. The van der Waals surface area contributed by atoms with Crippen molar-refractivity contribution < 1.29 is 14.6 Å². The molecule has 2 aromatic heterocycles. The van der Waals surface area contributed by atoms with E-state index in [4.69, 9.17) is 4.42 Å². The zero-order chi connectivity index (χ0) is 25.7. The molecule has 0 amide bonds. The summed E-state index contributed by atoms with van der Waals surface area (Å²) in [5.74, 6) is -1.07. The second-order valence-electron chi connectivity index (χ2n) is 8.39. The van der Waals surface area contributed by atoms with Crippen LogP contribution in [0.1, 0.15) is 28.3 Å². The lowest BCUT2D eigenvalue weighted by Crippen LogP contribution is -2.25. The summed E-state index contributed by atoms with van der Waals surface area (Å²) in [6, 6.07) is 19.4. The van der Waals surface area contributed by atoms with E-state index in [2.05, 4.69) is 0 Å². The molecule has 1 unspecified atom stereocenters. The van der Waals surface area contributed by atoms with Gasteiger partial charge in [0.05, 0.1) is 35.3 Å². The molecule has 0 radical (unpaired) electrons. The first kappa shape index (κ1) is 24.6. The van der Waals surface area contributed by atoms with Crippen LogP contribution in [0.2, 0.25) is 0 Å². The number of hydrogen-bond donors (Lipinski definition) is 2. The maximum Gasteiger partial charge on any atom is 0.344 e. The Hall–Kier alpha value is -3.06. The first-order chi connectivity index (χ1) is 17.2. The molecule has 1 atom stereocenters. The van der Waals surface area contributed by atoms with Crippen molar-refractivity contribution in [2.45, 2.75) is 12.8 Å². The molecular formula is C27H20I2N2O5. The van der Waals surface area contributed by atoms with Crippen LogP contribution in [0, 0.1) is 14.1 Å². The summed E-state index contributed by atoms with van der Waals surface area (Å²) in [4.78, 5) is 27.4. The van der Waals surface area contributed by atoms with E-state index in [9.17, 15) is 19.8 Å². The minimum absolute atomic E-state index is 0.0306. The summed E-state index contributed by atoms with van der Waals surface area (Å²) in [7, 11) is 1.78. The molecule has 0 spiro atoms. The highest BCUT2D eigenvalue weighted by Crippen LogP contribution is 2.41. The molecule has 0 saturated carbocycles. The number of benzene rings is 3. The van der Waals surface area contributed by atoms with Gasteiger partial charge in [-0.2, -0.15) is 0 Å². The summed E-state index contributed by atoms with van der Waals surface area (Å²) < 4.78 is 9.98. The Morgan fingerprint density at radius 1 is 0.861 bits per heavy atom. The molecule has 182 valence electrons. The molecule has 0 fully saturated rings. The number of aromatic hydroxyl groups is 2. The summed E-state index contributed by atoms with van der Waals surface area (Å²) in [6.07, 6.45) is 0. The average Bonchev–Trinajstić information content (AvgIpc) is 3.08. The summed E-state index contributed by atoms with van der Waals surface area (Å²) in [5, 5.41) is 22.1. The lowest BCUT2D eigenvalue weighted by atomic mass is 9.85. The molecular weight excluding hydrogens is 686 g/mol. The molecule has 5 rings (SSSR count). The number of phenols is 1. The summed E-state index contributed by atoms with van der Waals surface area (Å²) >= 11 is 4.02. The Kier molecular flexibility index (Phi) is 6.45. The fraction of sp³-hybridized carbons (Fsp3) is 0.111. The van der Waals surface area contributed by atoms with E-state index in [1.54, 1.807) is 55.1 Å². The number of hydrogen-bond acceptors (Lipinski definition) is 5. The smallest absolute Gasteiger partial charge is 0.344 e. The van der Waals surface area contributed by atoms with Gasteiger partial charge in [0.1, 0.15) is 17.1 Å². The third-order valence-electron chi connectivity index (χ3n) is 6.37. The minimum Gasteiger partial charge on any atom is -0.507 e. The Morgan fingerprint density at radius 2 is 1.47 bits per heavy atom. The van der Waals surface area contributed by atoms with Crippen LogP contribution in [-0.4, -0.2) is 19.6 Å². The molecule has 0 bridgehead atoms. The van der Waals surface area contributed by atoms with E-state index < -0.39 is 11.5 Å². The van der Waals surface area contributed by atoms with Crippen LogP contribution in [0.15, 0.2) is 80.7 Å². The third kappa shape index (κ3) is 3.94. The van der Waals surface area contributed by atoms with Gasteiger partial charge in [-0.3, -0.25) is 9.48 Å². The van der Waals surface area contributed by atoms with Gasteiger partial charge in [0.15, 0.2) is 0 Å². The molecule has 0 aliphatic rings. The highest BCUT2D eigenvalue weighted by molar-refractivity contribution is 14.1. The van der Waals surface area contributed by atoms with Crippen LogP contribution >= 0.6 is 45.2 Å². The van der Waals surface area contributed by atoms with E-state index in [-0.39, 0.29) is 28.2 Å². The van der Waals surface area contributed by atoms with E-state index in [0.717, 1.165) is 0 Å². The molecule has 0 saturated heterocycles.